The number of carboxylic acids is 1. The zero-order valence-corrected chi connectivity index (χ0v) is 15.6. The summed E-state index contributed by atoms with van der Waals surface area (Å²) in [6, 6.07) is 0.152. The van der Waals surface area contributed by atoms with Gasteiger partial charge < -0.3 is 5.11 Å². The van der Waals surface area contributed by atoms with Crippen LogP contribution in [-0.2, 0) is 14.8 Å². The summed E-state index contributed by atoms with van der Waals surface area (Å²) < 4.78 is 27.0. The highest BCUT2D eigenvalue weighted by molar-refractivity contribution is 7.89. The summed E-state index contributed by atoms with van der Waals surface area (Å²) in [7, 11) is -1.37. The minimum Gasteiger partial charge on any atom is -0.480 e. The van der Waals surface area contributed by atoms with Crippen LogP contribution in [0.3, 0.4) is 0 Å². The van der Waals surface area contributed by atoms with Gasteiger partial charge in [0.05, 0.1) is 12.3 Å². The summed E-state index contributed by atoms with van der Waals surface area (Å²) in [5, 5.41) is 8.91. The van der Waals surface area contributed by atoms with E-state index in [1.165, 1.54) is 32.1 Å². The molecule has 140 valence electrons. The average molecular weight is 361 g/mol. The van der Waals surface area contributed by atoms with Crippen molar-refractivity contribution in [1.29, 1.82) is 0 Å². The second-order valence-corrected chi connectivity index (χ2v) is 9.49. The van der Waals surface area contributed by atoms with Crippen molar-refractivity contribution in [3.05, 3.63) is 0 Å². The molecule has 7 heteroatoms. The van der Waals surface area contributed by atoms with Gasteiger partial charge in [-0.1, -0.05) is 32.1 Å². The lowest BCUT2D eigenvalue weighted by Crippen LogP contribution is -2.38. The predicted molar refractivity (Wildman–Crippen MR) is 94.5 cm³/mol. The van der Waals surface area contributed by atoms with E-state index in [-0.39, 0.29) is 18.3 Å². The highest BCUT2D eigenvalue weighted by Gasteiger charge is 2.28. The largest absolute Gasteiger partial charge is 0.480 e. The van der Waals surface area contributed by atoms with Crippen molar-refractivity contribution in [2.24, 2.45) is 5.92 Å². The van der Waals surface area contributed by atoms with E-state index in [4.69, 9.17) is 5.11 Å². The zero-order valence-electron chi connectivity index (χ0n) is 14.8. The van der Waals surface area contributed by atoms with Crippen molar-refractivity contribution < 1.29 is 18.3 Å². The van der Waals surface area contributed by atoms with Gasteiger partial charge in [0, 0.05) is 19.1 Å². The molecule has 0 spiro atoms. The van der Waals surface area contributed by atoms with Gasteiger partial charge in [0.25, 0.3) is 0 Å². The first-order chi connectivity index (χ1) is 11.4. The number of sulfonamides is 1. The van der Waals surface area contributed by atoms with Gasteiger partial charge in [-0.15, -0.1) is 0 Å². The van der Waals surface area contributed by atoms with E-state index in [1.807, 2.05) is 11.9 Å². The lowest BCUT2D eigenvalue weighted by Gasteiger charge is -2.26. The van der Waals surface area contributed by atoms with Crippen LogP contribution in [0.5, 0.6) is 0 Å². The topological polar surface area (TPSA) is 77.9 Å². The molecule has 2 rings (SSSR count). The third kappa shape index (κ3) is 6.01. The van der Waals surface area contributed by atoms with Crippen LogP contribution < -0.4 is 0 Å². The molecule has 0 aromatic carbocycles. The molecule has 1 heterocycles. The number of carbonyl (C=O) groups is 1. The van der Waals surface area contributed by atoms with E-state index in [0.717, 1.165) is 19.3 Å². The van der Waals surface area contributed by atoms with Gasteiger partial charge in [-0.3, -0.25) is 9.69 Å². The summed E-state index contributed by atoms with van der Waals surface area (Å²) in [4.78, 5) is 12.7. The smallest absolute Gasteiger partial charge is 0.317 e. The first kappa shape index (κ1) is 19.7. The Kier molecular flexibility index (Phi) is 7.50. The van der Waals surface area contributed by atoms with Crippen LogP contribution in [0.15, 0.2) is 0 Å². The molecular weight excluding hydrogens is 328 g/mol. The van der Waals surface area contributed by atoms with Crippen LogP contribution in [0, 0.1) is 5.92 Å². The van der Waals surface area contributed by atoms with Crippen molar-refractivity contribution in [2.45, 2.75) is 63.8 Å². The van der Waals surface area contributed by atoms with Crippen molar-refractivity contribution in [1.82, 2.24) is 9.21 Å². The van der Waals surface area contributed by atoms with E-state index >= 15 is 0 Å². The van der Waals surface area contributed by atoms with Crippen molar-refractivity contribution in [3.63, 3.8) is 0 Å². The molecule has 1 unspecified atom stereocenters. The summed E-state index contributed by atoms with van der Waals surface area (Å²) in [6.45, 7) is 1.10. The first-order valence-electron chi connectivity index (χ1n) is 9.28. The fraction of sp³-hybridized carbons (Fsp3) is 0.941. The van der Waals surface area contributed by atoms with Crippen molar-refractivity contribution in [2.75, 3.05) is 32.4 Å². The predicted octanol–water partition coefficient (Wildman–Crippen LogP) is 2.16. The zero-order chi connectivity index (χ0) is 17.6. The molecule has 0 radical (unpaired) electrons. The van der Waals surface area contributed by atoms with Crippen molar-refractivity contribution in [3.8, 4) is 0 Å². The highest BCUT2D eigenvalue weighted by atomic mass is 32.2. The molecule has 0 aromatic heterocycles. The SMILES string of the molecule is CN(CC(=O)O)C1CCCN(S(=O)(=O)CCC2CCCCC2)CC1. The molecule has 1 aliphatic heterocycles. The number of likely N-dealkylation sites (N-methyl/N-ethyl adjacent to an activating group) is 1. The molecule has 24 heavy (non-hydrogen) atoms. The van der Waals surface area contributed by atoms with Gasteiger partial charge in [0.15, 0.2) is 0 Å². The molecule has 6 nitrogen and oxygen atoms in total. The number of nitrogens with zero attached hydrogens (tertiary/aromatic N) is 2. The van der Waals surface area contributed by atoms with E-state index in [0.29, 0.717) is 25.4 Å². The van der Waals surface area contributed by atoms with E-state index in [9.17, 15) is 13.2 Å². The standard InChI is InChI=1S/C17H32N2O4S/c1-18(14-17(20)21)16-8-5-11-19(12-9-16)24(22,23)13-10-15-6-3-2-4-7-15/h15-16H,2-14H2,1H3,(H,20,21). The molecule has 1 atom stereocenters. The van der Waals surface area contributed by atoms with Crippen LogP contribution >= 0.6 is 0 Å². The van der Waals surface area contributed by atoms with Crippen LogP contribution in [0.4, 0.5) is 0 Å². The van der Waals surface area contributed by atoms with Gasteiger partial charge in [0.2, 0.25) is 10.0 Å². The molecule has 2 aliphatic rings. The lowest BCUT2D eigenvalue weighted by molar-refractivity contribution is -0.138. The van der Waals surface area contributed by atoms with E-state index in [1.54, 1.807) is 4.31 Å². The Bertz CT molecular complexity index is 503. The third-order valence-electron chi connectivity index (χ3n) is 5.57. The molecule has 2 fully saturated rings. The Morgan fingerprint density at radius 3 is 2.46 bits per heavy atom. The fourth-order valence-electron chi connectivity index (χ4n) is 4.03. The van der Waals surface area contributed by atoms with E-state index in [2.05, 4.69) is 0 Å². The number of carboxylic acid groups (broad SMARTS) is 1. The molecular formula is C17H32N2O4S. The summed E-state index contributed by atoms with van der Waals surface area (Å²) in [6.07, 6.45) is 9.30. The second kappa shape index (κ2) is 9.15. The molecule has 1 N–H and O–H groups in total. The van der Waals surface area contributed by atoms with Gasteiger partial charge in [-0.2, -0.15) is 0 Å². The third-order valence-corrected chi connectivity index (χ3v) is 7.47. The number of aliphatic carboxylic acids is 1. The van der Waals surface area contributed by atoms with Crippen LogP contribution in [0.2, 0.25) is 0 Å². The minimum atomic E-state index is -3.18. The molecule has 1 saturated heterocycles. The lowest BCUT2D eigenvalue weighted by atomic mass is 9.88. The molecule has 0 bridgehead atoms. The Hall–Kier alpha value is -0.660. The molecule has 1 aliphatic carbocycles. The Balaban J connectivity index is 1.83. The highest BCUT2D eigenvalue weighted by Crippen LogP contribution is 2.27. The van der Waals surface area contributed by atoms with Gasteiger partial charge >= 0.3 is 5.97 Å². The number of hydrogen-bond acceptors (Lipinski definition) is 4. The molecule has 0 aromatic rings. The quantitative estimate of drug-likeness (QED) is 0.753. The molecule has 0 amide bonds. The van der Waals surface area contributed by atoms with Crippen LogP contribution in [0.25, 0.3) is 0 Å². The summed E-state index contributed by atoms with van der Waals surface area (Å²) >= 11 is 0. The fourth-order valence-corrected chi connectivity index (χ4v) is 5.71. The molecule has 1 saturated carbocycles. The monoisotopic (exact) mass is 360 g/mol. The van der Waals surface area contributed by atoms with Crippen molar-refractivity contribution >= 4 is 16.0 Å². The number of hydrogen-bond donors (Lipinski definition) is 1. The van der Waals surface area contributed by atoms with Crippen LogP contribution in [0.1, 0.15) is 57.8 Å². The minimum absolute atomic E-state index is 0.0130. The first-order valence-corrected chi connectivity index (χ1v) is 10.9. The maximum absolute atomic E-state index is 12.7. The maximum atomic E-state index is 12.7. The second-order valence-electron chi connectivity index (χ2n) is 7.40. The Labute approximate surface area is 146 Å². The average Bonchev–Trinajstić information content (AvgIpc) is 2.80. The normalized spacial score (nSPS) is 24.8. The summed E-state index contributed by atoms with van der Waals surface area (Å²) in [5.41, 5.74) is 0. The van der Waals surface area contributed by atoms with E-state index < -0.39 is 16.0 Å². The summed E-state index contributed by atoms with van der Waals surface area (Å²) in [5.74, 6) is 0.0153. The van der Waals surface area contributed by atoms with Gasteiger partial charge in [0.1, 0.15) is 0 Å². The maximum Gasteiger partial charge on any atom is 0.317 e. The van der Waals surface area contributed by atoms with Gasteiger partial charge in [-0.25, -0.2) is 12.7 Å². The van der Waals surface area contributed by atoms with Gasteiger partial charge in [-0.05, 0) is 38.6 Å². The Morgan fingerprint density at radius 2 is 1.79 bits per heavy atom. The van der Waals surface area contributed by atoms with Crippen LogP contribution in [-0.4, -0.2) is 67.2 Å². The Morgan fingerprint density at radius 1 is 1.08 bits per heavy atom. The number of rotatable bonds is 7.